The van der Waals surface area contributed by atoms with Crippen LogP contribution in [0.25, 0.3) is 5.69 Å². The Morgan fingerprint density at radius 3 is 2.67 bits per heavy atom. The van der Waals surface area contributed by atoms with Gasteiger partial charge in [-0.05, 0) is 43.4 Å². The number of imidazole rings is 1. The molecule has 1 aromatic carbocycles. The van der Waals surface area contributed by atoms with Crippen LogP contribution in [0.2, 0.25) is 0 Å². The number of hydrogen-bond donors (Lipinski definition) is 2. The van der Waals surface area contributed by atoms with Crippen LogP contribution in [0, 0.1) is 5.92 Å². The molecule has 0 saturated heterocycles. The van der Waals surface area contributed by atoms with Crippen molar-refractivity contribution in [2.45, 2.75) is 51.6 Å². The lowest BCUT2D eigenvalue weighted by atomic mass is 9.86. The maximum absolute atomic E-state index is 12.3. The smallest absolute Gasteiger partial charge is 0.315 e. The molecule has 2 aromatic rings. The molecule has 1 aliphatic rings. The van der Waals surface area contributed by atoms with Gasteiger partial charge < -0.3 is 15.2 Å². The number of nitrogens with one attached hydrogen (secondary N) is 2. The molecule has 5 heteroatoms. The van der Waals surface area contributed by atoms with Crippen LogP contribution in [0.1, 0.15) is 51.1 Å². The third-order valence-electron chi connectivity index (χ3n) is 4.97. The van der Waals surface area contributed by atoms with Gasteiger partial charge in [-0.2, -0.15) is 0 Å². The Balaban J connectivity index is 1.56. The number of aromatic nitrogens is 2. The van der Waals surface area contributed by atoms with Crippen molar-refractivity contribution in [1.82, 2.24) is 20.2 Å². The molecule has 0 spiro atoms. The molecule has 3 rings (SSSR count). The van der Waals surface area contributed by atoms with Crippen molar-refractivity contribution in [2.75, 3.05) is 0 Å². The van der Waals surface area contributed by atoms with E-state index in [9.17, 15) is 4.79 Å². The van der Waals surface area contributed by atoms with E-state index in [0.717, 1.165) is 17.7 Å². The summed E-state index contributed by atoms with van der Waals surface area (Å²) in [6.07, 6.45) is 10.2. The van der Waals surface area contributed by atoms with Gasteiger partial charge in [0.1, 0.15) is 0 Å². The Labute approximate surface area is 143 Å². The van der Waals surface area contributed by atoms with Crippen LogP contribution in [0.3, 0.4) is 0 Å². The zero-order valence-corrected chi connectivity index (χ0v) is 14.4. The molecule has 1 aromatic heterocycles. The van der Waals surface area contributed by atoms with Crippen molar-refractivity contribution < 1.29 is 4.79 Å². The minimum Gasteiger partial charge on any atom is -0.335 e. The van der Waals surface area contributed by atoms with E-state index in [0.29, 0.717) is 12.0 Å². The lowest BCUT2D eigenvalue weighted by Crippen LogP contribution is -2.46. The van der Waals surface area contributed by atoms with Crippen LogP contribution >= 0.6 is 0 Å². The normalized spacial score (nSPS) is 21.9. The first-order valence-corrected chi connectivity index (χ1v) is 8.79. The molecule has 0 bridgehead atoms. The predicted molar refractivity (Wildman–Crippen MR) is 95.1 cm³/mol. The largest absolute Gasteiger partial charge is 0.335 e. The van der Waals surface area contributed by atoms with E-state index in [4.69, 9.17) is 0 Å². The molecular formula is C19H26N4O. The number of rotatable bonds is 4. The maximum Gasteiger partial charge on any atom is 0.315 e. The van der Waals surface area contributed by atoms with Gasteiger partial charge in [-0.15, -0.1) is 0 Å². The third-order valence-corrected chi connectivity index (χ3v) is 4.97. The second-order valence-corrected chi connectivity index (χ2v) is 6.77. The fraction of sp³-hybridized carbons (Fsp3) is 0.474. The van der Waals surface area contributed by atoms with Gasteiger partial charge in [-0.3, -0.25) is 0 Å². The van der Waals surface area contributed by atoms with Crippen LogP contribution in [0.15, 0.2) is 43.0 Å². The highest BCUT2D eigenvalue weighted by Crippen LogP contribution is 2.23. The van der Waals surface area contributed by atoms with Crippen molar-refractivity contribution in [3.63, 3.8) is 0 Å². The Morgan fingerprint density at radius 1 is 1.25 bits per heavy atom. The van der Waals surface area contributed by atoms with Gasteiger partial charge in [0.15, 0.2) is 0 Å². The highest BCUT2D eigenvalue weighted by atomic mass is 16.2. The number of urea groups is 1. The molecule has 2 N–H and O–H groups in total. The fourth-order valence-corrected chi connectivity index (χ4v) is 3.37. The van der Waals surface area contributed by atoms with Gasteiger partial charge in [0.2, 0.25) is 0 Å². The molecule has 2 amide bonds. The minimum absolute atomic E-state index is 0.0271. The second kappa shape index (κ2) is 7.51. The molecular weight excluding hydrogens is 300 g/mol. The van der Waals surface area contributed by atoms with E-state index in [1.807, 2.05) is 42.0 Å². The zero-order valence-electron chi connectivity index (χ0n) is 14.4. The van der Waals surface area contributed by atoms with E-state index in [-0.39, 0.29) is 12.1 Å². The Hall–Kier alpha value is -2.30. The Morgan fingerprint density at radius 2 is 2.00 bits per heavy atom. The summed E-state index contributed by atoms with van der Waals surface area (Å²) in [5.74, 6) is 0.564. The molecule has 3 unspecified atom stereocenters. The van der Waals surface area contributed by atoms with Gasteiger partial charge in [-0.1, -0.05) is 31.9 Å². The lowest BCUT2D eigenvalue weighted by molar-refractivity contribution is 0.219. The first-order valence-electron chi connectivity index (χ1n) is 8.79. The quantitative estimate of drug-likeness (QED) is 0.897. The summed E-state index contributed by atoms with van der Waals surface area (Å²) in [5.41, 5.74) is 2.15. The van der Waals surface area contributed by atoms with Gasteiger partial charge in [0.05, 0.1) is 12.4 Å². The standard InChI is InChI=1S/C19H26N4O/c1-14-5-3-4-6-18(14)22-19(24)21-15(2)16-7-9-17(10-8-16)23-12-11-20-13-23/h7-15,18H,3-6H2,1-2H3,(H2,21,22,24). The van der Waals surface area contributed by atoms with Gasteiger partial charge in [0, 0.05) is 24.1 Å². The minimum atomic E-state index is -0.0695. The van der Waals surface area contributed by atoms with E-state index >= 15 is 0 Å². The van der Waals surface area contributed by atoms with E-state index < -0.39 is 0 Å². The summed E-state index contributed by atoms with van der Waals surface area (Å²) in [4.78, 5) is 16.3. The Bertz CT molecular complexity index is 651. The summed E-state index contributed by atoms with van der Waals surface area (Å²) in [7, 11) is 0. The molecule has 128 valence electrons. The molecule has 1 heterocycles. The fourth-order valence-electron chi connectivity index (χ4n) is 3.37. The van der Waals surface area contributed by atoms with Crippen molar-refractivity contribution in [3.8, 4) is 5.69 Å². The topological polar surface area (TPSA) is 59.0 Å². The van der Waals surface area contributed by atoms with Gasteiger partial charge >= 0.3 is 6.03 Å². The average Bonchev–Trinajstić information content (AvgIpc) is 3.11. The maximum atomic E-state index is 12.3. The lowest BCUT2D eigenvalue weighted by Gasteiger charge is -2.30. The summed E-state index contributed by atoms with van der Waals surface area (Å²) in [6, 6.07) is 8.37. The Kier molecular flexibility index (Phi) is 5.18. The zero-order chi connectivity index (χ0) is 16.9. The van der Waals surface area contributed by atoms with E-state index in [2.05, 4.69) is 22.5 Å². The molecule has 1 saturated carbocycles. The second-order valence-electron chi connectivity index (χ2n) is 6.77. The van der Waals surface area contributed by atoms with E-state index in [1.54, 1.807) is 12.5 Å². The SMILES string of the molecule is CC(NC(=O)NC1CCCCC1C)c1ccc(-n2ccnc2)cc1. The summed E-state index contributed by atoms with van der Waals surface area (Å²) >= 11 is 0. The predicted octanol–water partition coefficient (Wildman–Crippen LogP) is 3.81. The molecule has 0 aliphatic heterocycles. The molecule has 5 nitrogen and oxygen atoms in total. The van der Waals surface area contributed by atoms with Crippen molar-refractivity contribution in [2.24, 2.45) is 5.92 Å². The van der Waals surface area contributed by atoms with Gasteiger partial charge in [-0.25, -0.2) is 9.78 Å². The van der Waals surface area contributed by atoms with E-state index in [1.165, 1.54) is 19.3 Å². The van der Waals surface area contributed by atoms with Crippen LogP contribution < -0.4 is 10.6 Å². The molecule has 1 aliphatic carbocycles. The van der Waals surface area contributed by atoms with Crippen molar-refractivity contribution in [3.05, 3.63) is 48.5 Å². The van der Waals surface area contributed by atoms with Crippen LogP contribution in [0.5, 0.6) is 0 Å². The average molecular weight is 326 g/mol. The van der Waals surface area contributed by atoms with Crippen LogP contribution in [0.4, 0.5) is 4.79 Å². The van der Waals surface area contributed by atoms with Crippen molar-refractivity contribution >= 4 is 6.03 Å². The van der Waals surface area contributed by atoms with Crippen molar-refractivity contribution in [1.29, 1.82) is 0 Å². The molecule has 0 radical (unpaired) electrons. The number of benzene rings is 1. The number of nitrogens with zero attached hydrogens (tertiary/aromatic N) is 2. The molecule has 3 atom stereocenters. The first kappa shape index (κ1) is 16.6. The summed E-state index contributed by atoms with van der Waals surface area (Å²) in [6.45, 7) is 4.23. The van der Waals surface area contributed by atoms with Crippen LogP contribution in [-0.2, 0) is 0 Å². The first-order chi connectivity index (χ1) is 11.6. The monoisotopic (exact) mass is 326 g/mol. The number of amides is 2. The summed E-state index contributed by atoms with van der Waals surface area (Å²) < 4.78 is 1.96. The summed E-state index contributed by atoms with van der Waals surface area (Å²) in [5, 5.41) is 6.19. The third kappa shape index (κ3) is 3.96. The number of carbonyl (C=O) groups is 1. The highest BCUT2D eigenvalue weighted by Gasteiger charge is 2.23. The molecule has 1 fully saturated rings. The molecule has 24 heavy (non-hydrogen) atoms. The number of carbonyl (C=O) groups excluding carboxylic acids is 1. The highest BCUT2D eigenvalue weighted by molar-refractivity contribution is 5.74. The number of hydrogen-bond acceptors (Lipinski definition) is 2. The van der Waals surface area contributed by atoms with Crippen LogP contribution in [-0.4, -0.2) is 21.6 Å². The van der Waals surface area contributed by atoms with Gasteiger partial charge in [0.25, 0.3) is 0 Å².